The minimum atomic E-state index is -0.924. The molecule has 1 heterocycles. The number of hydrogen-bond donors (Lipinski definition) is 3. The van der Waals surface area contributed by atoms with Gasteiger partial charge in [0, 0.05) is 12.0 Å². The monoisotopic (exact) mass is 254 g/mol. The number of anilines is 1. The Morgan fingerprint density at radius 1 is 1.50 bits per heavy atom. The van der Waals surface area contributed by atoms with Crippen LogP contribution in [0.15, 0.2) is 18.3 Å². The lowest BCUT2D eigenvalue weighted by molar-refractivity contribution is -0.118. The van der Waals surface area contributed by atoms with Crippen LogP contribution >= 0.6 is 0 Å². The lowest BCUT2D eigenvalue weighted by atomic mass is 10.2. The van der Waals surface area contributed by atoms with Crippen LogP contribution in [0, 0.1) is 5.92 Å². The van der Waals surface area contributed by atoms with E-state index in [4.69, 9.17) is 14.9 Å². The number of carbonyl (C=O) groups is 1. The summed E-state index contributed by atoms with van der Waals surface area (Å²) in [6, 6.07) is 3.24. The molecule has 1 aromatic heterocycles. The zero-order chi connectivity index (χ0) is 13.5. The van der Waals surface area contributed by atoms with Crippen molar-refractivity contribution in [1.29, 1.82) is 0 Å². The third-order valence-corrected chi connectivity index (χ3v) is 2.16. The number of carbonyl (C=O) groups excluding carboxylic acids is 1. The predicted octanol–water partition coefficient (Wildman–Crippen LogP) is 0.408. The molecule has 6 heteroatoms. The Hall–Kier alpha value is -1.66. The molecule has 100 valence electrons. The molecular formula is C12H18N2O4. The normalized spacial score (nSPS) is 12.3. The van der Waals surface area contributed by atoms with Gasteiger partial charge in [0.25, 0.3) is 0 Å². The fourth-order valence-corrected chi connectivity index (χ4v) is 1.06. The molecule has 0 aliphatic carbocycles. The van der Waals surface area contributed by atoms with E-state index in [0.29, 0.717) is 11.6 Å². The Kier molecular flexibility index (Phi) is 5.54. The number of pyridine rings is 1. The first-order chi connectivity index (χ1) is 8.52. The number of hydrogen-bond acceptors (Lipinski definition) is 5. The molecule has 0 fully saturated rings. The molecule has 0 saturated carbocycles. The molecule has 1 aromatic rings. The molecule has 6 nitrogen and oxygen atoms in total. The number of ether oxygens (including phenoxy) is 1. The topological polar surface area (TPSA) is 91.7 Å². The van der Waals surface area contributed by atoms with Crippen molar-refractivity contribution in [2.75, 3.05) is 18.5 Å². The van der Waals surface area contributed by atoms with E-state index >= 15 is 0 Å². The van der Waals surface area contributed by atoms with Crippen LogP contribution in [0.25, 0.3) is 0 Å². The first kappa shape index (κ1) is 14.4. The molecule has 18 heavy (non-hydrogen) atoms. The van der Waals surface area contributed by atoms with Gasteiger partial charge >= 0.3 is 0 Å². The van der Waals surface area contributed by atoms with E-state index in [9.17, 15) is 4.79 Å². The molecule has 0 saturated heterocycles. The highest BCUT2D eigenvalue weighted by atomic mass is 16.5. The van der Waals surface area contributed by atoms with Gasteiger partial charge in [0.05, 0.1) is 18.5 Å². The maximum Gasteiger partial charge on any atom is 0.226 e. The first-order valence-electron chi connectivity index (χ1n) is 5.71. The van der Waals surface area contributed by atoms with Gasteiger partial charge in [-0.3, -0.25) is 4.79 Å². The molecular weight excluding hydrogens is 236 g/mol. The number of nitrogens with zero attached hydrogens (tertiary/aromatic N) is 1. The van der Waals surface area contributed by atoms with Gasteiger partial charge in [-0.2, -0.15) is 0 Å². The van der Waals surface area contributed by atoms with E-state index in [-0.39, 0.29) is 25.0 Å². The van der Waals surface area contributed by atoms with Gasteiger partial charge in [-0.25, -0.2) is 4.98 Å². The second-order valence-corrected chi connectivity index (χ2v) is 4.18. The predicted molar refractivity (Wildman–Crippen MR) is 66.3 cm³/mol. The number of aliphatic hydroxyl groups excluding tert-OH is 2. The molecule has 0 aliphatic heterocycles. The van der Waals surface area contributed by atoms with Gasteiger partial charge in [0.1, 0.15) is 12.7 Å². The highest BCUT2D eigenvalue weighted by Gasteiger charge is 2.08. The SMILES string of the molecule is CC(C)C(=O)Nc1ccc(OC[C@@H](O)CO)nc1. The standard InChI is InChI=1S/C12H18N2O4/c1-8(2)12(17)14-9-3-4-11(13-5-9)18-7-10(16)6-15/h3-5,8,10,15-16H,6-7H2,1-2H3,(H,14,17)/t10-/m0/s1. The number of aliphatic hydroxyl groups is 2. The number of rotatable bonds is 6. The first-order valence-corrected chi connectivity index (χ1v) is 5.71. The summed E-state index contributed by atoms with van der Waals surface area (Å²) in [4.78, 5) is 15.4. The van der Waals surface area contributed by atoms with Crippen molar-refractivity contribution >= 4 is 11.6 Å². The van der Waals surface area contributed by atoms with Crippen LogP contribution < -0.4 is 10.1 Å². The average molecular weight is 254 g/mol. The van der Waals surface area contributed by atoms with Crippen molar-refractivity contribution in [2.45, 2.75) is 20.0 Å². The second-order valence-electron chi connectivity index (χ2n) is 4.18. The number of nitrogens with one attached hydrogen (secondary N) is 1. The molecule has 1 rings (SSSR count). The highest BCUT2D eigenvalue weighted by Crippen LogP contribution is 2.12. The summed E-state index contributed by atoms with van der Waals surface area (Å²) in [6.45, 7) is 3.22. The van der Waals surface area contributed by atoms with Crippen LogP contribution in [-0.4, -0.2) is 40.4 Å². The summed E-state index contributed by atoms with van der Waals surface area (Å²) in [5.74, 6) is 0.145. The van der Waals surface area contributed by atoms with Crippen molar-refractivity contribution in [3.63, 3.8) is 0 Å². The number of aromatic nitrogens is 1. The van der Waals surface area contributed by atoms with E-state index < -0.39 is 6.10 Å². The summed E-state index contributed by atoms with van der Waals surface area (Å²) < 4.78 is 5.13. The van der Waals surface area contributed by atoms with Crippen LogP contribution in [0.3, 0.4) is 0 Å². The summed E-state index contributed by atoms with van der Waals surface area (Å²) in [5.41, 5.74) is 0.587. The zero-order valence-electron chi connectivity index (χ0n) is 10.5. The van der Waals surface area contributed by atoms with Crippen LogP contribution in [0.5, 0.6) is 5.88 Å². The Morgan fingerprint density at radius 2 is 2.22 bits per heavy atom. The molecule has 1 atom stereocenters. The Balaban J connectivity index is 2.50. The lowest BCUT2D eigenvalue weighted by Crippen LogP contribution is -2.21. The van der Waals surface area contributed by atoms with Crippen LogP contribution in [0.1, 0.15) is 13.8 Å². The smallest absolute Gasteiger partial charge is 0.226 e. The summed E-state index contributed by atoms with van der Waals surface area (Å²) in [7, 11) is 0. The quantitative estimate of drug-likeness (QED) is 0.684. The van der Waals surface area contributed by atoms with E-state index in [2.05, 4.69) is 10.3 Å². The minimum Gasteiger partial charge on any atom is -0.475 e. The Bertz CT molecular complexity index is 378. The van der Waals surface area contributed by atoms with E-state index in [1.807, 2.05) is 0 Å². The van der Waals surface area contributed by atoms with Gasteiger partial charge in [-0.1, -0.05) is 13.8 Å². The highest BCUT2D eigenvalue weighted by molar-refractivity contribution is 5.91. The maximum atomic E-state index is 11.4. The van der Waals surface area contributed by atoms with Crippen LogP contribution in [-0.2, 0) is 4.79 Å². The van der Waals surface area contributed by atoms with E-state index in [0.717, 1.165) is 0 Å². The van der Waals surface area contributed by atoms with E-state index in [1.165, 1.54) is 6.20 Å². The molecule has 0 spiro atoms. The fraction of sp³-hybridized carbons (Fsp3) is 0.500. The summed E-state index contributed by atoms with van der Waals surface area (Å²) in [5, 5.41) is 20.4. The molecule has 0 radical (unpaired) electrons. The van der Waals surface area contributed by atoms with Crippen LogP contribution in [0.4, 0.5) is 5.69 Å². The molecule has 1 amide bonds. The average Bonchev–Trinajstić information content (AvgIpc) is 2.37. The molecule has 0 aromatic carbocycles. The Morgan fingerprint density at radius 3 is 2.72 bits per heavy atom. The molecule has 0 aliphatic rings. The van der Waals surface area contributed by atoms with Crippen molar-refractivity contribution in [2.24, 2.45) is 5.92 Å². The van der Waals surface area contributed by atoms with Crippen molar-refractivity contribution < 1.29 is 19.7 Å². The molecule has 3 N–H and O–H groups in total. The minimum absolute atomic E-state index is 0.0266. The molecule has 0 unspecified atom stereocenters. The maximum absolute atomic E-state index is 11.4. The van der Waals surface area contributed by atoms with Gasteiger partial charge in [-0.15, -0.1) is 0 Å². The zero-order valence-corrected chi connectivity index (χ0v) is 10.5. The second kappa shape index (κ2) is 6.93. The molecule has 0 bridgehead atoms. The van der Waals surface area contributed by atoms with Gasteiger partial charge < -0.3 is 20.3 Å². The third-order valence-electron chi connectivity index (χ3n) is 2.16. The third kappa shape index (κ3) is 4.68. The summed E-state index contributed by atoms with van der Waals surface area (Å²) in [6.07, 6.45) is 0.549. The van der Waals surface area contributed by atoms with E-state index in [1.54, 1.807) is 26.0 Å². The largest absolute Gasteiger partial charge is 0.475 e. The number of amides is 1. The van der Waals surface area contributed by atoms with Gasteiger partial charge in [0.2, 0.25) is 11.8 Å². The Labute approximate surface area is 106 Å². The van der Waals surface area contributed by atoms with Crippen molar-refractivity contribution in [1.82, 2.24) is 4.98 Å². The van der Waals surface area contributed by atoms with Crippen LogP contribution in [0.2, 0.25) is 0 Å². The lowest BCUT2D eigenvalue weighted by Gasteiger charge is -2.10. The van der Waals surface area contributed by atoms with Crippen molar-refractivity contribution in [3.05, 3.63) is 18.3 Å². The van der Waals surface area contributed by atoms with Gasteiger partial charge in [0.15, 0.2) is 0 Å². The van der Waals surface area contributed by atoms with Crippen molar-refractivity contribution in [3.8, 4) is 5.88 Å². The van der Waals surface area contributed by atoms with Gasteiger partial charge in [-0.05, 0) is 6.07 Å². The summed E-state index contributed by atoms with van der Waals surface area (Å²) >= 11 is 0. The fourth-order valence-electron chi connectivity index (χ4n) is 1.06.